The molecule has 2 aromatic rings. The molecule has 1 aliphatic rings. The van der Waals surface area contributed by atoms with Gasteiger partial charge in [-0.05, 0) is 56.0 Å². The predicted molar refractivity (Wildman–Crippen MR) is 87.7 cm³/mol. The van der Waals surface area contributed by atoms with Crippen LogP contribution in [0.3, 0.4) is 0 Å². The van der Waals surface area contributed by atoms with Gasteiger partial charge in [0.15, 0.2) is 0 Å². The van der Waals surface area contributed by atoms with Gasteiger partial charge >= 0.3 is 6.03 Å². The molecule has 0 unspecified atom stereocenters. The van der Waals surface area contributed by atoms with Crippen LogP contribution < -0.4 is 5.32 Å². The zero-order valence-electron chi connectivity index (χ0n) is 13.0. The van der Waals surface area contributed by atoms with E-state index in [0.29, 0.717) is 12.6 Å². The fraction of sp³-hybridized carbons (Fsp3) is 0.333. The van der Waals surface area contributed by atoms with Crippen molar-refractivity contribution in [3.05, 3.63) is 59.4 Å². The third-order valence-electron chi connectivity index (χ3n) is 4.15. The lowest BCUT2D eigenvalue weighted by molar-refractivity contribution is 0.205. The number of nitrogens with one attached hydrogen (secondary N) is 1. The molecule has 1 fully saturated rings. The van der Waals surface area contributed by atoms with Crippen LogP contribution in [-0.2, 0) is 6.54 Å². The summed E-state index contributed by atoms with van der Waals surface area (Å²) in [7, 11) is 0. The van der Waals surface area contributed by atoms with Crippen LogP contribution in [0.25, 0.3) is 0 Å². The van der Waals surface area contributed by atoms with E-state index in [1.54, 1.807) is 6.20 Å². The summed E-state index contributed by atoms with van der Waals surface area (Å²) in [5, 5.41) is 3.05. The molecule has 0 radical (unpaired) electrons. The second kappa shape index (κ2) is 6.18. The highest BCUT2D eigenvalue weighted by Gasteiger charge is 2.33. The molecule has 2 amide bonds. The first-order chi connectivity index (χ1) is 10.6. The zero-order chi connectivity index (χ0) is 15.5. The number of amides is 2. The number of carbonyl (C=O) groups is 1. The lowest BCUT2D eigenvalue weighted by atomic mass is 10.1. The fourth-order valence-electron chi connectivity index (χ4n) is 2.49. The summed E-state index contributed by atoms with van der Waals surface area (Å²) < 4.78 is 0. The summed E-state index contributed by atoms with van der Waals surface area (Å²) in [5.41, 5.74) is 4.10. The fourth-order valence-corrected chi connectivity index (χ4v) is 2.49. The normalized spacial score (nSPS) is 13.7. The van der Waals surface area contributed by atoms with Crippen molar-refractivity contribution >= 4 is 11.7 Å². The maximum Gasteiger partial charge on any atom is 0.322 e. The Hall–Kier alpha value is -2.36. The average Bonchev–Trinajstić information content (AvgIpc) is 3.35. The van der Waals surface area contributed by atoms with Crippen molar-refractivity contribution in [2.45, 2.75) is 39.3 Å². The van der Waals surface area contributed by atoms with E-state index in [4.69, 9.17) is 0 Å². The van der Waals surface area contributed by atoms with Crippen LogP contribution in [-0.4, -0.2) is 22.0 Å². The summed E-state index contributed by atoms with van der Waals surface area (Å²) in [6.45, 7) is 4.64. The minimum Gasteiger partial charge on any atom is -0.316 e. The van der Waals surface area contributed by atoms with Crippen molar-refractivity contribution in [3.63, 3.8) is 0 Å². The van der Waals surface area contributed by atoms with E-state index in [1.165, 1.54) is 5.56 Å². The van der Waals surface area contributed by atoms with Gasteiger partial charge < -0.3 is 10.2 Å². The van der Waals surface area contributed by atoms with Crippen molar-refractivity contribution in [1.82, 2.24) is 9.88 Å². The maximum absolute atomic E-state index is 12.6. The molecule has 0 bridgehead atoms. The lowest BCUT2D eigenvalue weighted by Gasteiger charge is -2.23. The number of anilines is 1. The standard InChI is InChI=1S/C18H21N3O/c1-13-6-5-8-17(14(13)2)20-18(22)21(16-9-10-16)12-15-7-3-4-11-19-15/h3-8,11,16H,9-10,12H2,1-2H3,(H,20,22). The van der Waals surface area contributed by atoms with Crippen molar-refractivity contribution in [2.24, 2.45) is 0 Å². The van der Waals surface area contributed by atoms with E-state index in [2.05, 4.69) is 23.3 Å². The minimum atomic E-state index is -0.0400. The highest BCUT2D eigenvalue weighted by molar-refractivity contribution is 5.90. The molecule has 1 aromatic carbocycles. The highest BCUT2D eigenvalue weighted by atomic mass is 16.2. The molecular formula is C18H21N3O. The largest absolute Gasteiger partial charge is 0.322 e. The Morgan fingerprint density at radius 2 is 2.05 bits per heavy atom. The van der Waals surface area contributed by atoms with Crippen molar-refractivity contribution < 1.29 is 4.79 Å². The van der Waals surface area contributed by atoms with E-state index < -0.39 is 0 Å². The van der Waals surface area contributed by atoms with Gasteiger partial charge in [0.25, 0.3) is 0 Å². The van der Waals surface area contributed by atoms with Crippen LogP contribution in [0.15, 0.2) is 42.6 Å². The van der Waals surface area contributed by atoms with Crippen LogP contribution in [0.2, 0.25) is 0 Å². The van der Waals surface area contributed by atoms with Gasteiger partial charge in [-0.3, -0.25) is 4.98 Å². The summed E-state index contributed by atoms with van der Waals surface area (Å²) in [6.07, 6.45) is 3.92. The Morgan fingerprint density at radius 3 is 2.73 bits per heavy atom. The van der Waals surface area contributed by atoms with Crippen molar-refractivity contribution in [2.75, 3.05) is 5.32 Å². The molecule has 0 aliphatic heterocycles. The summed E-state index contributed by atoms with van der Waals surface area (Å²) in [4.78, 5) is 18.9. The molecule has 1 aromatic heterocycles. The maximum atomic E-state index is 12.6. The van der Waals surface area contributed by atoms with Crippen LogP contribution in [0.5, 0.6) is 0 Å². The quantitative estimate of drug-likeness (QED) is 0.930. The Morgan fingerprint density at radius 1 is 1.23 bits per heavy atom. The zero-order valence-corrected chi connectivity index (χ0v) is 13.0. The van der Waals surface area contributed by atoms with Gasteiger partial charge in [0.05, 0.1) is 12.2 Å². The number of nitrogens with zero attached hydrogens (tertiary/aromatic N) is 2. The molecule has 4 heteroatoms. The molecule has 1 aliphatic carbocycles. The molecule has 0 saturated heterocycles. The Labute approximate surface area is 131 Å². The number of pyridine rings is 1. The number of hydrogen-bond acceptors (Lipinski definition) is 2. The third kappa shape index (κ3) is 3.27. The Balaban J connectivity index is 1.74. The summed E-state index contributed by atoms with van der Waals surface area (Å²) >= 11 is 0. The van der Waals surface area contributed by atoms with Gasteiger partial charge in [0, 0.05) is 17.9 Å². The number of benzene rings is 1. The van der Waals surface area contributed by atoms with Gasteiger partial charge in [-0.1, -0.05) is 18.2 Å². The lowest BCUT2D eigenvalue weighted by Crippen LogP contribution is -2.36. The monoisotopic (exact) mass is 295 g/mol. The van der Waals surface area contributed by atoms with Crippen molar-refractivity contribution in [1.29, 1.82) is 0 Å². The van der Waals surface area contributed by atoms with E-state index in [0.717, 1.165) is 29.8 Å². The molecule has 1 heterocycles. The Kier molecular flexibility index (Phi) is 4.09. The van der Waals surface area contributed by atoms with E-state index in [-0.39, 0.29) is 6.03 Å². The number of urea groups is 1. The number of rotatable bonds is 4. The van der Waals surface area contributed by atoms with E-state index in [1.807, 2.05) is 42.2 Å². The average molecular weight is 295 g/mol. The molecule has 22 heavy (non-hydrogen) atoms. The van der Waals surface area contributed by atoms with Crippen molar-refractivity contribution in [3.8, 4) is 0 Å². The van der Waals surface area contributed by atoms with Crippen LogP contribution in [0.4, 0.5) is 10.5 Å². The van der Waals surface area contributed by atoms with Gasteiger partial charge in [-0.15, -0.1) is 0 Å². The van der Waals surface area contributed by atoms with E-state index in [9.17, 15) is 4.79 Å². The van der Waals surface area contributed by atoms with Crippen LogP contribution >= 0.6 is 0 Å². The first kappa shape index (κ1) is 14.6. The number of aryl methyl sites for hydroxylation is 1. The number of aromatic nitrogens is 1. The van der Waals surface area contributed by atoms with Gasteiger partial charge in [0.1, 0.15) is 0 Å². The highest BCUT2D eigenvalue weighted by Crippen LogP contribution is 2.29. The van der Waals surface area contributed by atoms with Crippen LogP contribution in [0, 0.1) is 13.8 Å². The molecular weight excluding hydrogens is 274 g/mol. The number of carbonyl (C=O) groups excluding carboxylic acids is 1. The van der Waals surface area contributed by atoms with Crippen LogP contribution in [0.1, 0.15) is 29.7 Å². The van der Waals surface area contributed by atoms with E-state index >= 15 is 0 Å². The smallest absolute Gasteiger partial charge is 0.316 e. The van der Waals surface area contributed by atoms with Gasteiger partial charge in [-0.25, -0.2) is 4.79 Å². The molecule has 1 N–H and O–H groups in total. The second-order valence-electron chi connectivity index (χ2n) is 5.86. The number of hydrogen-bond donors (Lipinski definition) is 1. The molecule has 4 nitrogen and oxygen atoms in total. The van der Waals surface area contributed by atoms with Gasteiger partial charge in [0.2, 0.25) is 0 Å². The SMILES string of the molecule is Cc1cccc(NC(=O)N(Cc2ccccn2)C2CC2)c1C. The summed E-state index contributed by atoms with van der Waals surface area (Å²) in [6, 6.07) is 12.1. The first-order valence-electron chi connectivity index (χ1n) is 7.69. The Bertz CT molecular complexity index is 665. The first-order valence-corrected chi connectivity index (χ1v) is 7.69. The molecule has 0 atom stereocenters. The van der Waals surface area contributed by atoms with Gasteiger partial charge in [-0.2, -0.15) is 0 Å². The molecule has 1 saturated carbocycles. The second-order valence-corrected chi connectivity index (χ2v) is 5.86. The molecule has 3 rings (SSSR count). The molecule has 114 valence electrons. The predicted octanol–water partition coefficient (Wildman–Crippen LogP) is 3.89. The molecule has 0 spiro atoms. The topological polar surface area (TPSA) is 45.2 Å². The summed E-state index contributed by atoms with van der Waals surface area (Å²) in [5.74, 6) is 0. The minimum absolute atomic E-state index is 0.0400. The third-order valence-corrected chi connectivity index (χ3v) is 4.15.